The number of phenols is 1. The van der Waals surface area contributed by atoms with Crippen molar-refractivity contribution in [2.45, 2.75) is 19.8 Å². The van der Waals surface area contributed by atoms with Crippen LogP contribution >= 0.6 is 0 Å². The van der Waals surface area contributed by atoms with Crippen molar-refractivity contribution in [2.24, 2.45) is 0 Å². The van der Waals surface area contributed by atoms with E-state index in [2.05, 4.69) is 37.3 Å². The molecule has 0 aliphatic rings. The number of phenolic OH excluding ortho intramolecular Hbond substituents is 1. The Kier molecular flexibility index (Phi) is 4.24. The summed E-state index contributed by atoms with van der Waals surface area (Å²) in [6.07, 6.45) is 2.02. The van der Waals surface area contributed by atoms with Crippen LogP contribution in [0.5, 0.6) is 5.75 Å². The van der Waals surface area contributed by atoms with E-state index in [0.717, 1.165) is 29.5 Å². The fraction of sp³-hybridized carbons (Fsp3) is 0.143. The molecular formula is C21H20O. The average Bonchev–Trinajstić information content (AvgIpc) is 2.56. The van der Waals surface area contributed by atoms with Crippen LogP contribution in [-0.4, -0.2) is 5.11 Å². The molecule has 0 saturated heterocycles. The van der Waals surface area contributed by atoms with E-state index < -0.39 is 0 Å². The molecule has 0 aromatic heterocycles. The van der Waals surface area contributed by atoms with Gasteiger partial charge in [0.25, 0.3) is 0 Å². The SMILES string of the molecule is CCCc1cccc(O)c1-c1ccccc1-c1ccccc1. The van der Waals surface area contributed by atoms with E-state index in [9.17, 15) is 5.11 Å². The largest absolute Gasteiger partial charge is 0.507 e. The van der Waals surface area contributed by atoms with Gasteiger partial charge in [-0.05, 0) is 34.7 Å². The maximum atomic E-state index is 10.4. The van der Waals surface area contributed by atoms with Gasteiger partial charge >= 0.3 is 0 Å². The van der Waals surface area contributed by atoms with Gasteiger partial charge in [-0.2, -0.15) is 0 Å². The Balaban J connectivity index is 2.22. The summed E-state index contributed by atoms with van der Waals surface area (Å²) in [5.74, 6) is 0.356. The molecule has 22 heavy (non-hydrogen) atoms. The van der Waals surface area contributed by atoms with Gasteiger partial charge in [-0.3, -0.25) is 0 Å². The molecule has 0 aliphatic carbocycles. The van der Waals surface area contributed by atoms with Crippen LogP contribution in [0.3, 0.4) is 0 Å². The Labute approximate surface area is 131 Å². The lowest BCUT2D eigenvalue weighted by Crippen LogP contribution is -1.92. The molecule has 1 heteroatoms. The van der Waals surface area contributed by atoms with Gasteiger partial charge in [0.05, 0.1) is 0 Å². The standard InChI is InChI=1S/C21H20O/c1-2-9-17-12-8-15-20(22)21(17)19-14-7-6-13-18(19)16-10-4-3-5-11-16/h3-8,10-15,22H,2,9H2,1H3. The molecule has 0 atom stereocenters. The zero-order valence-corrected chi connectivity index (χ0v) is 12.8. The summed E-state index contributed by atoms with van der Waals surface area (Å²) in [7, 11) is 0. The molecule has 0 aliphatic heterocycles. The zero-order chi connectivity index (χ0) is 15.4. The number of aromatic hydroxyl groups is 1. The highest BCUT2D eigenvalue weighted by atomic mass is 16.3. The van der Waals surface area contributed by atoms with Gasteiger partial charge in [-0.15, -0.1) is 0 Å². The molecule has 1 N–H and O–H groups in total. The van der Waals surface area contributed by atoms with Crippen molar-refractivity contribution in [2.75, 3.05) is 0 Å². The van der Waals surface area contributed by atoms with E-state index in [1.165, 1.54) is 11.1 Å². The van der Waals surface area contributed by atoms with Crippen molar-refractivity contribution < 1.29 is 5.11 Å². The second-order valence-corrected chi connectivity index (χ2v) is 5.47. The van der Waals surface area contributed by atoms with Crippen LogP contribution < -0.4 is 0 Å². The van der Waals surface area contributed by atoms with Crippen molar-refractivity contribution in [3.05, 3.63) is 78.4 Å². The second kappa shape index (κ2) is 6.48. The topological polar surface area (TPSA) is 20.2 Å². The van der Waals surface area contributed by atoms with E-state index in [4.69, 9.17) is 0 Å². The lowest BCUT2D eigenvalue weighted by atomic mass is 9.90. The van der Waals surface area contributed by atoms with Crippen molar-refractivity contribution in [3.8, 4) is 28.0 Å². The van der Waals surface area contributed by atoms with Crippen LogP contribution in [0.25, 0.3) is 22.3 Å². The molecule has 3 aromatic carbocycles. The van der Waals surface area contributed by atoms with Gasteiger partial charge < -0.3 is 5.11 Å². The van der Waals surface area contributed by atoms with E-state index in [1.807, 2.05) is 36.4 Å². The molecule has 0 fully saturated rings. The first-order chi connectivity index (χ1) is 10.8. The minimum absolute atomic E-state index is 0.356. The van der Waals surface area contributed by atoms with Gasteiger partial charge in [0.1, 0.15) is 5.75 Å². The molecule has 3 aromatic rings. The maximum Gasteiger partial charge on any atom is 0.123 e. The summed E-state index contributed by atoms with van der Waals surface area (Å²) in [5.41, 5.74) is 5.58. The molecule has 0 spiro atoms. The van der Waals surface area contributed by atoms with Crippen LogP contribution in [0, 0.1) is 0 Å². The third-order valence-corrected chi connectivity index (χ3v) is 3.93. The Morgan fingerprint density at radius 2 is 1.41 bits per heavy atom. The van der Waals surface area contributed by atoms with Crippen molar-refractivity contribution in [1.82, 2.24) is 0 Å². The molecular weight excluding hydrogens is 268 g/mol. The molecule has 0 heterocycles. The van der Waals surface area contributed by atoms with Crippen LogP contribution in [0.15, 0.2) is 72.8 Å². The summed E-state index contributed by atoms with van der Waals surface area (Å²) < 4.78 is 0. The van der Waals surface area contributed by atoms with Crippen LogP contribution in [0.4, 0.5) is 0 Å². The molecule has 0 saturated carbocycles. The Morgan fingerprint density at radius 3 is 2.14 bits per heavy atom. The van der Waals surface area contributed by atoms with Gasteiger partial charge in [0.15, 0.2) is 0 Å². The highest BCUT2D eigenvalue weighted by Crippen LogP contribution is 2.39. The van der Waals surface area contributed by atoms with Gasteiger partial charge in [0.2, 0.25) is 0 Å². The Morgan fingerprint density at radius 1 is 0.727 bits per heavy atom. The van der Waals surface area contributed by atoms with Gasteiger partial charge in [0, 0.05) is 5.56 Å². The van der Waals surface area contributed by atoms with Crippen molar-refractivity contribution in [1.29, 1.82) is 0 Å². The third-order valence-electron chi connectivity index (χ3n) is 3.93. The summed E-state index contributed by atoms with van der Waals surface area (Å²) >= 11 is 0. The quantitative estimate of drug-likeness (QED) is 0.655. The minimum atomic E-state index is 0.356. The molecule has 0 unspecified atom stereocenters. The van der Waals surface area contributed by atoms with E-state index in [0.29, 0.717) is 5.75 Å². The Hall–Kier alpha value is -2.54. The Bertz CT molecular complexity index is 760. The third kappa shape index (κ3) is 2.75. The number of aryl methyl sites for hydroxylation is 1. The van der Waals surface area contributed by atoms with E-state index in [1.54, 1.807) is 6.07 Å². The summed E-state index contributed by atoms with van der Waals surface area (Å²) in [6, 6.07) is 24.4. The normalized spacial score (nSPS) is 10.6. The average molecular weight is 288 g/mol. The van der Waals surface area contributed by atoms with E-state index in [-0.39, 0.29) is 0 Å². The fourth-order valence-corrected chi connectivity index (χ4v) is 2.95. The number of rotatable bonds is 4. The van der Waals surface area contributed by atoms with Crippen molar-refractivity contribution >= 4 is 0 Å². The maximum absolute atomic E-state index is 10.4. The number of hydrogen-bond donors (Lipinski definition) is 1. The predicted octanol–water partition coefficient (Wildman–Crippen LogP) is 5.68. The first kappa shape index (κ1) is 14.4. The van der Waals surface area contributed by atoms with Crippen LogP contribution in [-0.2, 0) is 6.42 Å². The monoisotopic (exact) mass is 288 g/mol. The lowest BCUT2D eigenvalue weighted by Gasteiger charge is -2.15. The summed E-state index contributed by atoms with van der Waals surface area (Å²) in [6.45, 7) is 2.16. The first-order valence-corrected chi connectivity index (χ1v) is 7.77. The lowest BCUT2D eigenvalue weighted by molar-refractivity contribution is 0.476. The molecule has 3 rings (SSSR count). The summed E-state index contributed by atoms with van der Waals surface area (Å²) in [4.78, 5) is 0. The summed E-state index contributed by atoms with van der Waals surface area (Å²) in [5, 5.41) is 10.4. The minimum Gasteiger partial charge on any atom is -0.507 e. The molecule has 0 amide bonds. The smallest absolute Gasteiger partial charge is 0.123 e. The second-order valence-electron chi connectivity index (χ2n) is 5.47. The first-order valence-electron chi connectivity index (χ1n) is 7.77. The van der Waals surface area contributed by atoms with Gasteiger partial charge in [-0.1, -0.05) is 80.1 Å². The highest BCUT2D eigenvalue weighted by molar-refractivity contribution is 5.87. The molecule has 110 valence electrons. The van der Waals surface area contributed by atoms with Crippen molar-refractivity contribution in [3.63, 3.8) is 0 Å². The fourth-order valence-electron chi connectivity index (χ4n) is 2.95. The molecule has 0 bridgehead atoms. The van der Waals surface area contributed by atoms with Gasteiger partial charge in [-0.25, -0.2) is 0 Å². The zero-order valence-electron chi connectivity index (χ0n) is 12.8. The molecule has 1 nitrogen and oxygen atoms in total. The van der Waals surface area contributed by atoms with Crippen LogP contribution in [0.2, 0.25) is 0 Å². The molecule has 0 radical (unpaired) electrons. The number of hydrogen-bond acceptors (Lipinski definition) is 1. The predicted molar refractivity (Wildman–Crippen MR) is 93.0 cm³/mol. The highest BCUT2D eigenvalue weighted by Gasteiger charge is 2.14. The number of benzene rings is 3. The van der Waals surface area contributed by atoms with E-state index >= 15 is 0 Å². The van der Waals surface area contributed by atoms with Crippen LogP contribution in [0.1, 0.15) is 18.9 Å².